The molecule has 0 fully saturated rings. The summed E-state index contributed by atoms with van der Waals surface area (Å²) in [7, 11) is 1.89. The van der Waals surface area contributed by atoms with Crippen molar-refractivity contribution >= 4 is 11.8 Å². The van der Waals surface area contributed by atoms with Crippen molar-refractivity contribution in [2.45, 2.75) is 30.7 Å². The van der Waals surface area contributed by atoms with E-state index in [0.717, 1.165) is 29.9 Å². The van der Waals surface area contributed by atoms with Gasteiger partial charge >= 0.3 is 0 Å². The Morgan fingerprint density at radius 1 is 1.50 bits per heavy atom. The van der Waals surface area contributed by atoms with Crippen molar-refractivity contribution in [3.05, 3.63) is 40.1 Å². The monoisotopic (exact) mass is 264 g/mol. The van der Waals surface area contributed by atoms with Gasteiger partial charge in [0.25, 0.3) is 5.56 Å². The fraction of sp³-hybridized carbons (Fsp3) is 0.417. The van der Waals surface area contributed by atoms with E-state index in [1.165, 1.54) is 11.8 Å². The molecule has 96 valence electrons. The number of nitrogens with one attached hydrogen (secondary N) is 1. The van der Waals surface area contributed by atoms with Gasteiger partial charge in [0.15, 0.2) is 5.16 Å². The molecule has 6 heteroatoms. The highest BCUT2D eigenvalue weighted by Crippen LogP contribution is 2.17. The van der Waals surface area contributed by atoms with Crippen molar-refractivity contribution in [3.63, 3.8) is 0 Å². The van der Waals surface area contributed by atoms with Gasteiger partial charge in [0, 0.05) is 36.3 Å². The lowest BCUT2D eigenvalue weighted by molar-refractivity contribution is 0.767. The highest BCUT2D eigenvalue weighted by molar-refractivity contribution is 7.98. The summed E-state index contributed by atoms with van der Waals surface area (Å²) in [5.74, 6) is 0.756. The van der Waals surface area contributed by atoms with E-state index in [1.807, 2.05) is 19.4 Å². The second-order valence-electron chi connectivity index (χ2n) is 4.10. The Balaban J connectivity index is 2.06. The third-order valence-electron chi connectivity index (χ3n) is 2.41. The van der Waals surface area contributed by atoms with Gasteiger partial charge in [-0.25, -0.2) is 4.98 Å². The first-order valence-electron chi connectivity index (χ1n) is 5.88. The first-order valence-corrected chi connectivity index (χ1v) is 6.86. The third kappa shape index (κ3) is 3.46. The quantitative estimate of drug-likeness (QED) is 0.660. The van der Waals surface area contributed by atoms with Crippen LogP contribution in [0.4, 0.5) is 0 Å². The molecule has 0 radical (unpaired) electrons. The molecule has 0 aliphatic rings. The molecule has 0 amide bonds. The molecule has 0 aliphatic carbocycles. The summed E-state index contributed by atoms with van der Waals surface area (Å²) >= 11 is 1.52. The topological polar surface area (TPSA) is 63.6 Å². The van der Waals surface area contributed by atoms with Crippen molar-refractivity contribution in [2.75, 3.05) is 0 Å². The summed E-state index contributed by atoms with van der Waals surface area (Å²) in [6.45, 7) is 2.07. The highest BCUT2D eigenvalue weighted by Gasteiger charge is 2.03. The number of nitrogens with zero attached hydrogens (tertiary/aromatic N) is 3. The molecule has 0 saturated carbocycles. The zero-order chi connectivity index (χ0) is 13.0. The van der Waals surface area contributed by atoms with Crippen molar-refractivity contribution in [2.24, 2.45) is 7.05 Å². The van der Waals surface area contributed by atoms with E-state index < -0.39 is 0 Å². The Morgan fingerprint density at radius 2 is 2.33 bits per heavy atom. The minimum absolute atomic E-state index is 0.0814. The van der Waals surface area contributed by atoms with Gasteiger partial charge in [0.2, 0.25) is 0 Å². The fourth-order valence-corrected chi connectivity index (χ4v) is 2.44. The molecule has 0 aromatic carbocycles. The van der Waals surface area contributed by atoms with Crippen LogP contribution in [0, 0.1) is 0 Å². The maximum Gasteiger partial charge on any atom is 0.251 e. The molecule has 1 N–H and O–H groups in total. The number of aromatic nitrogens is 4. The van der Waals surface area contributed by atoms with E-state index in [-0.39, 0.29) is 5.56 Å². The molecule has 18 heavy (non-hydrogen) atoms. The summed E-state index contributed by atoms with van der Waals surface area (Å²) in [6, 6.07) is 1.57. The first-order chi connectivity index (χ1) is 8.67. The van der Waals surface area contributed by atoms with Crippen LogP contribution in [-0.2, 0) is 19.2 Å². The van der Waals surface area contributed by atoms with Crippen molar-refractivity contribution in [1.29, 1.82) is 0 Å². The normalized spacial score (nSPS) is 10.8. The molecular weight excluding hydrogens is 248 g/mol. The van der Waals surface area contributed by atoms with Gasteiger partial charge in [0.05, 0.1) is 6.20 Å². The van der Waals surface area contributed by atoms with Gasteiger partial charge in [-0.05, 0) is 6.42 Å². The maximum absolute atomic E-state index is 11.5. The number of hydrogen-bond donors (Lipinski definition) is 1. The van der Waals surface area contributed by atoms with E-state index in [2.05, 4.69) is 22.0 Å². The van der Waals surface area contributed by atoms with Crippen molar-refractivity contribution in [3.8, 4) is 0 Å². The van der Waals surface area contributed by atoms with Crippen LogP contribution in [0.15, 0.2) is 28.4 Å². The van der Waals surface area contributed by atoms with Gasteiger partial charge in [-0.2, -0.15) is 5.10 Å². The molecule has 2 rings (SSSR count). The second kappa shape index (κ2) is 5.86. The summed E-state index contributed by atoms with van der Waals surface area (Å²) in [5, 5.41) is 4.78. The van der Waals surface area contributed by atoms with Gasteiger partial charge in [-0.1, -0.05) is 25.1 Å². The van der Waals surface area contributed by atoms with Gasteiger partial charge < -0.3 is 4.98 Å². The van der Waals surface area contributed by atoms with Crippen LogP contribution < -0.4 is 5.56 Å². The largest absolute Gasteiger partial charge is 0.301 e. The molecule has 2 aromatic rings. The zero-order valence-electron chi connectivity index (χ0n) is 10.5. The van der Waals surface area contributed by atoms with Crippen LogP contribution in [0.3, 0.4) is 0 Å². The second-order valence-corrected chi connectivity index (χ2v) is 5.07. The van der Waals surface area contributed by atoms with E-state index in [1.54, 1.807) is 10.7 Å². The Kier molecular flexibility index (Phi) is 4.19. The average molecular weight is 264 g/mol. The van der Waals surface area contributed by atoms with Crippen LogP contribution in [0.2, 0.25) is 0 Å². The fourth-order valence-electron chi connectivity index (χ4n) is 1.63. The van der Waals surface area contributed by atoms with Crippen LogP contribution in [-0.4, -0.2) is 19.7 Å². The summed E-state index contributed by atoms with van der Waals surface area (Å²) in [4.78, 5) is 18.7. The van der Waals surface area contributed by atoms with Crippen molar-refractivity contribution in [1.82, 2.24) is 19.7 Å². The molecule has 5 nitrogen and oxygen atoms in total. The first kappa shape index (κ1) is 12.9. The molecule has 0 bridgehead atoms. The van der Waals surface area contributed by atoms with E-state index in [9.17, 15) is 4.79 Å². The highest BCUT2D eigenvalue weighted by atomic mass is 32.2. The van der Waals surface area contributed by atoms with E-state index in [4.69, 9.17) is 0 Å². The number of H-pyrrole nitrogens is 1. The predicted molar refractivity (Wildman–Crippen MR) is 71.6 cm³/mol. The van der Waals surface area contributed by atoms with Gasteiger partial charge in [-0.3, -0.25) is 9.48 Å². The summed E-state index contributed by atoms with van der Waals surface area (Å²) in [5.41, 5.74) is 1.89. The van der Waals surface area contributed by atoms with E-state index >= 15 is 0 Å². The standard InChI is InChI=1S/C12H16N4OS/c1-3-4-10-5-11(17)15-12(14-10)18-8-9-6-13-16(2)7-9/h5-7H,3-4,8H2,1-2H3,(H,14,15,17). The number of rotatable bonds is 5. The molecule has 0 spiro atoms. The Hall–Kier alpha value is -1.56. The average Bonchev–Trinajstić information content (AvgIpc) is 2.72. The van der Waals surface area contributed by atoms with E-state index in [0.29, 0.717) is 5.16 Å². The minimum atomic E-state index is -0.0814. The SMILES string of the molecule is CCCc1cc(=O)[nH]c(SCc2cnn(C)c2)n1. The Morgan fingerprint density at radius 3 is 3.00 bits per heavy atom. The lowest BCUT2D eigenvalue weighted by Crippen LogP contribution is -2.09. The maximum atomic E-state index is 11.5. The molecular formula is C12H16N4OS. The lowest BCUT2D eigenvalue weighted by atomic mass is 10.2. The van der Waals surface area contributed by atoms with Crippen LogP contribution in [0.1, 0.15) is 24.6 Å². The molecule has 0 unspecified atom stereocenters. The van der Waals surface area contributed by atoms with Crippen LogP contribution >= 0.6 is 11.8 Å². The lowest BCUT2D eigenvalue weighted by Gasteiger charge is -2.02. The number of hydrogen-bond acceptors (Lipinski definition) is 4. The number of thioether (sulfide) groups is 1. The zero-order valence-corrected chi connectivity index (χ0v) is 11.3. The molecule has 2 aromatic heterocycles. The minimum Gasteiger partial charge on any atom is -0.301 e. The predicted octanol–water partition coefficient (Wildman–Crippen LogP) is 1.75. The van der Waals surface area contributed by atoms with Gasteiger partial charge in [-0.15, -0.1) is 0 Å². The third-order valence-corrected chi connectivity index (χ3v) is 3.36. The molecule has 0 saturated heterocycles. The van der Waals surface area contributed by atoms with Crippen LogP contribution in [0.5, 0.6) is 0 Å². The summed E-state index contributed by atoms with van der Waals surface area (Å²) < 4.78 is 1.76. The number of aromatic amines is 1. The Bertz CT molecular complexity index is 575. The van der Waals surface area contributed by atoms with Gasteiger partial charge in [0.1, 0.15) is 0 Å². The van der Waals surface area contributed by atoms with Crippen LogP contribution in [0.25, 0.3) is 0 Å². The number of aryl methyl sites for hydroxylation is 2. The smallest absolute Gasteiger partial charge is 0.251 e. The molecule has 0 aliphatic heterocycles. The molecule has 0 atom stereocenters. The summed E-state index contributed by atoms with van der Waals surface area (Å²) in [6.07, 6.45) is 5.61. The van der Waals surface area contributed by atoms with Crippen molar-refractivity contribution < 1.29 is 0 Å². The molecule has 2 heterocycles. The Labute approximate surface area is 110 Å².